The molecule has 158 valence electrons. The van der Waals surface area contributed by atoms with E-state index in [1.54, 1.807) is 25.3 Å². The van der Waals surface area contributed by atoms with Crippen LogP contribution in [0.5, 0.6) is 11.5 Å². The summed E-state index contributed by atoms with van der Waals surface area (Å²) in [5.41, 5.74) is 5.60. The fourth-order valence-corrected chi connectivity index (χ4v) is 2.93. The minimum Gasteiger partial charge on any atom is -0.496 e. The van der Waals surface area contributed by atoms with E-state index in [2.05, 4.69) is 16.2 Å². The van der Waals surface area contributed by atoms with E-state index < -0.39 is 11.8 Å². The average Bonchev–Trinajstić information content (AvgIpc) is 2.80. The lowest BCUT2D eigenvalue weighted by molar-refractivity contribution is -0.123. The number of methoxy groups -OCH3 is 1. The van der Waals surface area contributed by atoms with Crippen molar-refractivity contribution in [1.29, 1.82) is 0 Å². The second-order valence-electron chi connectivity index (χ2n) is 6.33. The molecule has 3 N–H and O–H groups in total. The molecule has 7 nitrogen and oxygen atoms in total. The number of hydrogen-bond acceptors (Lipinski definition) is 5. The van der Waals surface area contributed by atoms with Gasteiger partial charge in [-0.2, -0.15) is 0 Å². The average molecular weight is 436 g/mol. The van der Waals surface area contributed by atoms with E-state index in [1.807, 2.05) is 54.6 Å². The van der Waals surface area contributed by atoms with Crippen molar-refractivity contribution in [2.75, 3.05) is 13.7 Å². The number of fused-ring (bicyclic) bond motifs is 1. The highest BCUT2D eigenvalue weighted by molar-refractivity contribution is 7.80. The zero-order valence-corrected chi connectivity index (χ0v) is 17.6. The van der Waals surface area contributed by atoms with E-state index in [9.17, 15) is 9.59 Å². The Morgan fingerprint density at radius 2 is 1.65 bits per heavy atom. The predicted octanol–water partition coefficient (Wildman–Crippen LogP) is 2.96. The summed E-state index contributed by atoms with van der Waals surface area (Å²) >= 11 is 5.01. The summed E-state index contributed by atoms with van der Waals surface area (Å²) in [5.74, 6) is 0.343. The van der Waals surface area contributed by atoms with Crippen molar-refractivity contribution in [3.63, 3.8) is 0 Å². The second kappa shape index (κ2) is 10.7. The fraction of sp³-hybridized carbons (Fsp3) is 0.0870. The molecule has 0 aliphatic heterocycles. The first-order valence-corrected chi connectivity index (χ1v) is 9.79. The summed E-state index contributed by atoms with van der Waals surface area (Å²) in [6.45, 7) is -0.217. The molecule has 0 saturated heterocycles. The number of nitrogens with one attached hydrogen (secondary N) is 3. The van der Waals surface area contributed by atoms with Gasteiger partial charge in [-0.05, 0) is 35.8 Å². The van der Waals surface area contributed by atoms with Crippen LogP contribution in [0.25, 0.3) is 16.8 Å². The van der Waals surface area contributed by atoms with Gasteiger partial charge in [0.1, 0.15) is 11.5 Å². The molecular formula is C23H21N3O4S. The molecule has 0 fully saturated rings. The van der Waals surface area contributed by atoms with E-state index in [-0.39, 0.29) is 11.7 Å². The number of thiocarbonyl (C=S) groups is 1. The lowest BCUT2D eigenvalue weighted by Crippen LogP contribution is -2.49. The van der Waals surface area contributed by atoms with Crippen molar-refractivity contribution >= 4 is 46.0 Å². The van der Waals surface area contributed by atoms with Gasteiger partial charge in [0.2, 0.25) is 5.91 Å². The molecule has 2 amide bonds. The molecule has 8 heteroatoms. The summed E-state index contributed by atoms with van der Waals surface area (Å²) < 4.78 is 10.8. The van der Waals surface area contributed by atoms with Gasteiger partial charge in [0.25, 0.3) is 5.91 Å². The molecule has 0 atom stereocenters. The highest BCUT2D eigenvalue weighted by Crippen LogP contribution is 2.24. The molecule has 3 rings (SSSR count). The molecule has 0 spiro atoms. The molecule has 0 saturated carbocycles. The maximum Gasteiger partial charge on any atom is 0.276 e. The van der Waals surface area contributed by atoms with Gasteiger partial charge in [0, 0.05) is 17.0 Å². The summed E-state index contributed by atoms with van der Waals surface area (Å²) in [7, 11) is 1.55. The van der Waals surface area contributed by atoms with Crippen LogP contribution in [0.1, 0.15) is 5.56 Å². The van der Waals surface area contributed by atoms with E-state index in [0.29, 0.717) is 11.5 Å². The van der Waals surface area contributed by atoms with Gasteiger partial charge in [-0.1, -0.05) is 54.6 Å². The Hall–Kier alpha value is -3.91. The topological polar surface area (TPSA) is 88.7 Å². The summed E-state index contributed by atoms with van der Waals surface area (Å²) in [6.07, 6.45) is 2.92. The third kappa shape index (κ3) is 6.28. The molecular weight excluding hydrogens is 414 g/mol. The first-order valence-electron chi connectivity index (χ1n) is 9.38. The molecule has 0 aliphatic carbocycles. The normalized spacial score (nSPS) is 10.5. The van der Waals surface area contributed by atoms with Crippen molar-refractivity contribution in [3.05, 3.63) is 78.4 Å². The van der Waals surface area contributed by atoms with Crippen molar-refractivity contribution < 1.29 is 19.1 Å². The van der Waals surface area contributed by atoms with Crippen molar-refractivity contribution in [3.8, 4) is 11.5 Å². The Bertz CT molecular complexity index is 1130. The van der Waals surface area contributed by atoms with Crippen LogP contribution in [-0.4, -0.2) is 30.6 Å². The summed E-state index contributed by atoms with van der Waals surface area (Å²) in [5, 5.41) is 4.32. The van der Waals surface area contributed by atoms with Crippen LogP contribution in [0.15, 0.2) is 72.8 Å². The first-order chi connectivity index (χ1) is 15.1. The molecule has 0 radical (unpaired) electrons. The lowest BCUT2D eigenvalue weighted by Gasteiger charge is -2.11. The van der Waals surface area contributed by atoms with Crippen molar-refractivity contribution in [2.24, 2.45) is 0 Å². The van der Waals surface area contributed by atoms with Gasteiger partial charge in [-0.15, -0.1) is 0 Å². The largest absolute Gasteiger partial charge is 0.496 e. The molecule has 0 unspecified atom stereocenters. The standard InChI is InChI=1S/C23H21N3O4S/c1-29-19-11-5-3-8-17(19)13-14-21(27)24-23(31)26-25-22(28)15-30-20-12-6-9-16-7-2-4-10-18(16)20/h2-14H,15H2,1H3,(H,25,28)(H2,24,26,27,31). The van der Waals surface area contributed by atoms with Crippen LogP contribution in [0, 0.1) is 0 Å². The maximum absolute atomic E-state index is 12.0. The van der Waals surface area contributed by atoms with E-state index in [1.165, 1.54) is 6.08 Å². The van der Waals surface area contributed by atoms with Crippen molar-refractivity contribution in [2.45, 2.75) is 0 Å². The monoisotopic (exact) mass is 435 g/mol. The smallest absolute Gasteiger partial charge is 0.276 e. The van der Waals surface area contributed by atoms with Crippen LogP contribution < -0.4 is 25.6 Å². The minimum atomic E-state index is -0.454. The second-order valence-corrected chi connectivity index (χ2v) is 6.74. The summed E-state index contributed by atoms with van der Waals surface area (Å²) in [6, 6.07) is 20.6. The third-order valence-electron chi connectivity index (χ3n) is 4.21. The first kappa shape index (κ1) is 21.8. The number of benzene rings is 3. The fourth-order valence-electron chi connectivity index (χ4n) is 2.78. The number of hydrazine groups is 1. The zero-order chi connectivity index (χ0) is 22.1. The third-order valence-corrected chi connectivity index (χ3v) is 4.42. The van der Waals surface area contributed by atoms with Gasteiger partial charge in [0.05, 0.1) is 7.11 Å². The Balaban J connectivity index is 1.44. The molecule has 31 heavy (non-hydrogen) atoms. The van der Waals surface area contributed by atoms with E-state index >= 15 is 0 Å². The molecule has 0 aromatic heterocycles. The van der Waals surface area contributed by atoms with Gasteiger partial charge in [-0.3, -0.25) is 25.8 Å². The lowest BCUT2D eigenvalue weighted by atomic mass is 10.1. The number of hydrogen-bond donors (Lipinski definition) is 3. The zero-order valence-electron chi connectivity index (χ0n) is 16.8. The van der Waals surface area contributed by atoms with Gasteiger partial charge >= 0.3 is 0 Å². The number of amides is 2. The van der Waals surface area contributed by atoms with Crippen molar-refractivity contribution in [1.82, 2.24) is 16.2 Å². The maximum atomic E-state index is 12.0. The van der Waals surface area contributed by atoms with Crippen LogP contribution in [0.4, 0.5) is 0 Å². The number of rotatable bonds is 6. The van der Waals surface area contributed by atoms with Gasteiger partial charge in [0.15, 0.2) is 11.7 Å². The minimum absolute atomic E-state index is 0.0480. The van der Waals surface area contributed by atoms with Gasteiger partial charge < -0.3 is 9.47 Å². The van der Waals surface area contributed by atoms with E-state index in [0.717, 1.165) is 16.3 Å². The molecule has 0 heterocycles. The molecule has 3 aromatic rings. The number of carbonyl (C=O) groups is 2. The Labute approximate surface area is 185 Å². The Morgan fingerprint density at radius 1 is 0.935 bits per heavy atom. The van der Waals surface area contributed by atoms with Gasteiger partial charge in [-0.25, -0.2) is 0 Å². The SMILES string of the molecule is COc1ccccc1C=CC(=O)NC(=S)NNC(=O)COc1cccc2ccccc12. The highest BCUT2D eigenvalue weighted by atomic mass is 32.1. The summed E-state index contributed by atoms with van der Waals surface area (Å²) in [4.78, 5) is 24.0. The molecule has 0 aliphatic rings. The highest BCUT2D eigenvalue weighted by Gasteiger charge is 2.07. The Kier molecular flexibility index (Phi) is 7.56. The van der Waals surface area contributed by atoms with Crippen LogP contribution in [-0.2, 0) is 9.59 Å². The van der Waals surface area contributed by atoms with Crippen LogP contribution >= 0.6 is 12.2 Å². The number of ether oxygens (including phenoxy) is 2. The number of para-hydroxylation sites is 1. The predicted molar refractivity (Wildman–Crippen MR) is 123 cm³/mol. The van der Waals surface area contributed by atoms with Crippen LogP contribution in [0.2, 0.25) is 0 Å². The van der Waals surface area contributed by atoms with E-state index in [4.69, 9.17) is 21.7 Å². The molecule has 3 aromatic carbocycles. The Morgan fingerprint density at radius 3 is 2.48 bits per heavy atom. The number of carbonyl (C=O) groups excluding carboxylic acids is 2. The quantitative estimate of drug-likeness (QED) is 0.313. The molecule has 0 bridgehead atoms. The van der Waals surface area contributed by atoms with Crippen LogP contribution in [0.3, 0.4) is 0 Å².